The highest BCUT2D eigenvalue weighted by atomic mass is 32.1. The summed E-state index contributed by atoms with van der Waals surface area (Å²) in [7, 11) is 0. The minimum absolute atomic E-state index is 0.0961. The average molecular weight is 319 g/mol. The monoisotopic (exact) mass is 319 g/mol. The van der Waals surface area contributed by atoms with E-state index in [2.05, 4.69) is 29.8 Å². The molecule has 0 aliphatic rings. The number of benzene rings is 1. The molecule has 1 nitrogen and oxygen atoms in total. The Kier molecular flexibility index (Phi) is 4.11. The van der Waals surface area contributed by atoms with Crippen LogP contribution in [0.4, 0.5) is 4.39 Å². The van der Waals surface area contributed by atoms with E-state index in [-0.39, 0.29) is 11.9 Å². The summed E-state index contributed by atoms with van der Waals surface area (Å²) in [5.41, 5.74) is 2.57. The van der Waals surface area contributed by atoms with Gasteiger partial charge in [0, 0.05) is 14.3 Å². The van der Waals surface area contributed by atoms with Gasteiger partial charge in [0.1, 0.15) is 5.82 Å². The normalized spacial score (nSPS) is 13.0. The fourth-order valence-electron chi connectivity index (χ4n) is 2.66. The molecule has 0 aliphatic carbocycles. The Hall–Kier alpha value is -1.23. The second-order valence-electron chi connectivity index (χ2n) is 5.26. The molecule has 1 aromatic carbocycles. The first-order chi connectivity index (χ1) is 10.1. The van der Waals surface area contributed by atoms with Gasteiger partial charge in [0.2, 0.25) is 0 Å². The Morgan fingerprint density at radius 2 is 1.86 bits per heavy atom. The van der Waals surface area contributed by atoms with Gasteiger partial charge in [-0.3, -0.25) is 0 Å². The summed E-state index contributed by atoms with van der Waals surface area (Å²) in [6, 6.07) is 8.48. The quantitative estimate of drug-likeness (QED) is 0.677. The summed E-state index contributed by atoms with van der Waals surface area (Å²) in [5.74, 6) is -0.0961. The molecule has 2 aromatic heterocycles. The first kappa shape index (κ1) is 14.7. The molecule has 1 unspecified atom stereocenters. The molecule has 0 spiro atoms. The van der Waals surface area contributed by atoms with Crippen LogP contribution >= 0.6 is 22.7 Å². The Bertz CT molecular complexity index is 721. The molecule has 0 fully saturated rings. The van der Waals surface area contributed by atoms with Crippen LogP contribution < -0.4 is 5.32 Å². The lowest BCUT2D eigenvalue weighted by Crippen LogP contribution is -2.21. The Morgan fingerprint density at radius 1 is 1.14 bits per heavy atom. The smallest absolute Gasteiger partial charge is 0.129 e. The van der Waals surface area contributed by atoms with Crippen molar-refractivity contribution < 1.29 is 4.39 Å². The lowest BCUT2D eigenvalue weighted by molar-refractivity contribution is 0.600. The largest absolute Gasteiger partial charge is 0.306 e. The third kappa shape index (κ3) is 2.76. The number of rotatable bonds is 4. The minimum atomic E-state index is -0.0961. The summed E-state index contributed by atoms with van der Waals surface area (Å²) in [6.07, 6.45) is 0. The lowest BCUT2D eigenvalue weighted by Gasteiger charge is -2.18. The zero-order valence-electron chi connectivity index (χ0n) is 12.4. The van der Waals surface area contributed by atoms with Crippen LogP contribution in [-0.4, -0.2) is 6.54 Å². The second kappa shape index (κ2) is 5.87. The van der Waals surface area contributed by atoms with Gasteiger partial charge in [-0.25, -0.2) is 4.39 Å². The molecule has 3 aromatic rings. The van der Waals surface area contributed by atoms with Gasteiger partial charge in [0.25, 0.3) is 0 Å². The van der Waals surface area contributed by atoms with E-state index in [9.17, 15) is 4.39 Å². The highest BCUT2D eigenvalue weighted by Crippen LogP contribution is 2.36. The summed E-state index contributed by atoms with van der Waals surface area (Å²) < 4.78 is 16.5. The molecule has 0 saturated carbocycles. The molecule has 3 rings (SSSR count). The van der Waals surface area contributed by atoms with E-state index >= 15 is 0 Å². The maximum absolute atomic E-state index is 13.9. The van der Waals surface area contributed by atoms with Crippen molar-refractivity contribution in [2.45, 2.75) is 26.8 Å². The predicted molar refractivity (Wildman–Crippen MR) is 91.1 cm³/mol. The van der Waals surface area contributed by atoms with Crippen LogP contribution in [0.1, 0.15) is 34.5 Å². The van der Waals surface area contributed by atoms with Crippen molar-refractivity contribution in [1.82, 2.24) is 5.32 Å². The van der Waals surface area contributed by atoms with E-state index in [1.165, 1.54) is 14.3 Å². The van der Waals surface area contributed by atoms with Gasteiger partial charge in [0.15, 0.2) is 0 Å². The summed E-state index contributed by atoms with van der Waals surface area (Å²) in [4.78, 5) is 1.30. The molecule has 4 heteroatoms. The Morgan fingerprint density at radius 3 is 2.48 bits per heavy atom. The van der Waals surface area contributed by atoms with Crippen molar-refractivity contribution in [3.63, 3.8) is 0 Å². The number of halogens is 1. The number of hydrogen-bond donors (Lipinski definition) is 1. The molecule has 21 heavy (non-hydrogen) atoms. The van der Waals surface area contributed by atoms with E-state index < -0.39 is 0 Å². The highest BCUT2D eigenvalue weighted by Gasteiger charge is 2.18. The minimum Gasteiger partial charge on any atom is -0.306 e. The van der Waals surface area contributed by atoms with Crippen LogP contribution in [0.5, 0.6) is 0 Å². The fourth-order valence-corrected chi connectivity index (χ4v) is 4.88. The van der Waals surface area contributed by atoms with Crippen LogP contribution in [0.2, 0.25) is 0 Å². The van der Waals surface area contributed by atoms with Gasteiger partial charge in [0.05, 0.1) is 6.04 Å². The number of thiophene rings is 2. The molecule has 1 atom stereocenters. The zero-order chi connectivity index (χ0) is 15.0. The van der Waals surface area contributed by atoms with Crippen LogP contribution in [-0.2, 0) is 0 Å². The number of nitrogens with one attached hydrogen (secondary N) is 1. The van der Waals surface area contributed by atoms with Gasteiger partial charge < -0.3 is 5.32 Å². The maximum Gasteiger partial charge on any atom is 0.129 e. The molecule has 0 radical (unpaired) electrons. The van der Waals surface area contributed by atoms with E-state index in [0.717, 1.165) is 12.1 Å². The molecule has 0 aliphatic heterocycles. The van der Waals surface area contributed by atoms with Crippen molar-refractivity contribution in [2.24, 2.45) is 0 Å². The third-order valence-corrected chi connectivity index (χ3v) is 5.80. The predicted octanol–water partition coefficient (Wildman–Crippen LogP) is 5.42. The number of fused-ring (bicyclic) bond motifs is 1. The summed E-state index contributed by atoms with van der Waals surface area (Å²) >= 11 is 3.59. The molecule has 1 N–H and O–H groups in total. The first-order valence-electron chi connectivity index (χ1n) is 7.07. The molecule has 110 valence electrons. The SMILES string of the molecule is CCNC(c1cc(C)c(F)c(C)c1)c1cc2sccc2s1. The van der Waals surface area contributed by atoms with E-state index in [1.807, 2.05) is 37.3 Å². The van der Waals surface area contributed by atoms with Crippen molar-refractivity contribution in [3.05, 3.63) is 57.0 Å². The Labute approximate surface area is 132 Å². The molecule has 0 amide bonds. The van der Waals surface area contributed by atoms with Crippen LogP contribution in [0.25, 0.3) is 9.40 Å². The van der Waals surface area contributed by atoms with Crippen LogP contribution in [0, 0.1) is 19.7 Å². The van der Waals surface area contributed by atoms with E-state index in [1.54, 1.807) is 11.3 Å². The molecule has 0 saturated heterocycles. The summed E-state index contributed by atoms with van der Waals surface area (Å²) in [5, 5.41) is 5.66. The van der Waals surface area contributed by atoms with Crippen LogP contribution in [0.3, 0.4) is 0 Å². The van der Waals surface area contributed by atoms with Gasteiger partial charge in [-0.1, -0.05) is 19.1 Å². The fraction of sp³-hybridized carbons (Fsp3) is 0.294. The van der Waals surface area contributed by atoms with Gasteiger partial charge in [-0.15, -0.1) is 22.7 Å². The van der Waals surface area contributed by atoms with Crippen molar-refractivity contribution in [1.29, 1.82) is 0 Å². The number of hydrogen-bond acceptors (Lipinski definition) is 3. The highest BCUT2D eigenvalue weighted by molar-refractivity contribution is 7.27. The Balaban J connectivity index is 2.07. The van der Waals surface area contributed by atoms with Crippen molar-refractivity contribution in [2.75, 3.05) is 6.54 Å². The zero-order valence-corrected chi connectivity index (χ0v) is 14.0. The maximum atomic E-state index is 13.9. The van der Waals surface area contributed by atoms with Crippen molar-refractivity contribution >= 4 is 32.1 Å². The molecule has 2 heterocycles. The average Bonchev–Trinajstić information content (AvgIpc) is 3.02. The standard InChI is InChI=1S/C17H18FNS2/c1-4-19-17(12-7-10(2)16(18)11(3)8-12)15-9-14-13(21-15)5-6-20-14/h5-9,17,19H,4H2,1-3H3. The van der Waals surface area contributed by atoms with Crippen molar-refractivity contribution in [3.8, 4) is 0 Å². The van der Waals surface area contributed by atoms with Gasteiger partial charge in [-0.2, -0.15) is 0 Å². The van der Waals surface area contributed by atoms with Gasteiger partial charge >= 0.3 is 0 Å². The van der Waals surface area contributed by atoms with E-state index in [4.69, 9.17) is 0 Å². The van der Waals surface area contributed by atoms with Gasteiger partial charge in [-0.05, 0) is 54.6 Å². The molecular weight excluding hydrogens is 301 g/mol. The molecular formula is C17H18FNS2. The number of aryl methyl sites for hydroxylation is 2. The molecule has 0 bridgehead atoms. The van der Waals surface area contributed by atoms with Crippen LogP contribution in [0.15, 0.2) is 29.6 Å². The lowest BCUT2D eigenvalue weighted by atomic mass is 9.99. The van der Waals surface area contributed by atoms with E-state index in [0.29, 0.717) is 11.1 Å². The topological polar surface area (TPSA) is 12.0 Å². The second-order valence-corrected chi connectivity index (χ2v) is 7.32. The first-order valence-corrected chi connectivity index (χ1v) is 8.76. The summed E-state index contributed by atoms with van der Waals surface area (Å²) in [6.45, 7) is 6.65. The third-order valence-electron chi connectivity index (χ3n) is 3.64.